The number of hydrogen-bond acceptors (Lipinski definition) is 2. The molecule has 0 fully saturated rings. The minimum Gasteiger partial charge on any atom is -0.297 e. The topological polar surface area (TPSA) is 17.3 Å². The summed E-state index contributed by atoms with van der Waals surface area (Å²) in [5, 5.41) is 0. The Morgan fingerprint density at radius 1 is 1.17 bits per heavy atom. The molecule has 0 aliphatic heterocycles. The van der Waals surface area contributed by atoms with Gasteiger partial charge in [0.1, 0.15) is 0 Å². The number of thiazole rings is 1. The van der Waals surface area contributed by atoms with Gasteiger partial charge in [-0.25, -0.2) is 4.98 Å². The zero-order valence-electron chi connectivity index (χ0n) is 10.5. The van der Waals surface area contributed by atoms with E-state index in [0.29, 0.717) is 0 Å². The molecule has 0 unspecified atom stereocenters. The lowest BCUT2D eigenvalue weighted by atomic mass is 10.2. The average molecular weight is 256 g/mol. The highest BCUT2D eigenvalue weighted by Gasteiger charge is 2.07. The molecule has 0 spiro atoms. The van der Waals surface area contributed by atoms with E-state index in [1.165, 1.54) is 29.7 Å². The van der Waals surface area contributed by atoms with Crippen molar-refractivity contribution >= 4 is 16.3 Å². The summed E-state index contributed by atoms with van der Waals surface area (Å²) in [6.45, 7) is 2.23. The summed E-state index contributed by atoms with van der Waals surface area (Å²) in [7, 11) is 0. The Bertz CT molecular complexity index is 605. The van der Waals surface area contributed by atoms with Crippen LogP contribution in [-0.2, 0) is 6.42 Å². The highest BCUT2D eigenvalue weighted by molar-refractivity contribution is 7.17. The number of hydrogen-bond donors (Lipinski definition) is 0. The van der Waals surface area contributed by atoms with Crippen LogP contribution in [0.3, 0.4) is 0 Å². The van der Waals surface area contributed by atoms with Crippen LogP contribution in [-0.4, -0.2) is 9.38 Å². The third-order valence-electron chi connectivity index (χ3n) is 3.05. The third kappa shape index (κ3) is 2.18. The van der Waals surface area contributed by atoms with Crippen molar-refractivity contribution in [3.8, 4) is 11.3 Å². The largest absolute Gasteiger partial charge is 0.297 e. The molecule has 0 saturated carbocycles. The van der Waals surface area contributed by atoms with Gasteiger partial charge in [0, 0.05) is 22.8 Å². The minimum atomic E-state index is 1.06. The lowest BCUT2D eigenvalue weighted by Crippen LogP contribution is -1.79. The number of fused-ring (bicyclic) bond motifs is 1. The van der Waals surface area contributed by atoms with Gasteiger partial charge in [0.2, 0.25) is 0 Å². The van der Waals surface area contributed by atoms with E-state index < -0.39 is 0 Å². The summed E-state index contributed by atoms with van der Waals surface area (Å²) in [4.78, 5) is 7.22. The van der Waals surface area contributed by atoms with Crippen molar-refractivity contribution in [2.75, 3.05) is 0 Å². The van der Waals surface area contributed by atoms with E-state index in [0.717, 1.165) is 10.7 Å². The van der Waals surface area contributed by atoms with Crippen molar-refractivity contribution in [3.05, 3.63) is 47.6 Å². The molecule has 0 radical (unpaired) electrons. The van der Waals surface area contributed by atoms with Crippen molar-refractivity contribution in [3.63, 3.8) is 0 Å². The Kier molecular flexibility index (Phi) is 3.15. The maximum atomic E-state index is 4.69. The number of rotatable bonds is 4. The lowest BCUT2D eigenvalue weighted by Gasteiger charge is -1.94. The van der Waals surface area contributed by atoms with Gasteiger partial charge in [0.05, 0.1) is 5.69 Å². The van der Waals surface area contributed by atoms with Crippen LogP contribution in [0.1, 0.15) is 24.6 Å². The molecule has 0 saturated heterocycles. The van der Waals surface area contributed by atoms with Gasteiger partial charge in [-0.3, -0.25) is 4.40 Å². The Hall–Kier alpha value is -1.61. The Morgan fingerprint density at radius 3 is 2.72 bits per heavy atom. The molecule has 2 aromatic heterocycles. The van der Waals surface area contributed by atoms with Crippen LogP contribution in [0.5, 0.6) is 0 Å². The fourth-order valence-electron chi connectivity index (χ4n) is 2.06. The monoisotopic (exact) mass is 256 g/mol. The molecule has 2 heterocycles. The van der Waals surface area contributed by atoms with E-state index in [9.17, 15) is 0 Å². The molecule has 0 aliphatic rings. The number of imidazole rings is 1. The Labute approximate surface area is 111 Å². The number of nitrogens with zero attached hydrogens (tertiary/aromatic N) is 2. The number of unbranched alkanes of at least 4 members (excludes halogenated alkanes) is 1. The molecule has 0 amide bonds. The van der Waals surface area contributed by atoms with Crippen molar-refractivity contribution in [1.29, 1.82) is 0 Å². The van der Waals surface area contributed by atoms with Gasteiger partial charge in [-0.15, -0.1) is 11.3 Å². The van der Waals surface area contributed by atoms with Crippen LogP contribution >= 0.6 is 11.3 Å². The van der Waals surface area contributed by atoms with Gasteiger partial charge in [-0.2, -0.15) is 0 Å². The van der Waals surface area contributed by atoms with Gasteiger partial charge >= 0.3 is 0 Å². The molecular formula is C15H16N2S. The minimum absolute atomic E-state index is 1.06. The Morgan fingerprint density at radius 2 is 2.00 bits per heavy atom. The lowest BCUT2D eigenvalue weighted by molar-refractivity contribution is 0.802. The first-order chi connectivity index (χ1) is 8.86. The number of benzene rings is 1. The molecule has 0 aliphatic carbocycles. The van der Waals surface area contributed by atoms with Crippen LogP contribution in [0.15, 0.2) is 42.7 Å². The van der Waals surface area contributed by atoms with Crippen LogP contribution in [0.25, 0.3) is 16.2 Å². The predicted molar refractivity (Wildman–Crippen MR) is 77.1 cm³/mol. The highest BCUT2D eigenvalue weighted by Crippen LogP contribution is 2.24. The fraction of sp³-hybridized carbons (Fsp3) is 0.267. The summed E-state index contributed by atoms with van der Waals surface area (Å²) in [5.74, 6) is 0. The molecule has 3 heteroatoms. The van der Waals surface area contributed by atoms with Crippen molar-refractivity contribution < 1.29 is 0 Å². The zero-order valence-corrected chi connectivity index (χ0v) is 11.3. The van der Waals surface area contributed by atoms with E-state index in [1.807, 2.05) is 6.07 Å². The second kappa shape index (κ2) is 4.94. The number of aryl methyl sites for hydroxylation is 1. The maximum Gasteiger partial charge on any atom is 0.194 e. The van der Waals surface area contributed by atoms with Crippen molar-refractivity contribution in [2.45, 2.75) is 26.2 Å². The van der Waals surface area contributed by atoms with Gasteiger partial charge in [-0.1, -0.05) is 43.7 Å². The first kappa shape index (κ1) is 11.5. The first-order valence-corrected chi connectivity index (χ1v) is 7.21. The SMILES string of the molecule is CCCCc1cn2cc(-c3ccccc3)nc2s1. The standard InChI is InChI=1S/C15H16N2S/c1-2-3-9-13-10-17-11-14(16-15(17)18-13)12-7-5-4-6-8-12/h4-8,10-11H,2-3,9H2,1H3. The summed E-state index contributed by atoms with van der Waals surface area (Å²) in [5.41, 5.74) is 2.24. The van der Waals surface area contributed by atoms with E-state index in [4.69, 9.17) is 4.98 Å². The fourth-order valence-corrected chi connectivity index (χ4v) is 3.06. The van der Waals surface area contributed by atoms with E-state index >= 15 is 0 Å². The van der Waals surface area contributed by atoms with Crippen LogP contribution in [0.2, 0.25) is 0 Å². The predicted octanol–water partition coefficient (Wildman–Crippen LogP) is 4.41. The second-order valence-corrected chi connectivity index (χ2v) is 5.58. The normalized spacial score (nSPS) is 11.2. The molecule has 2 nitrogen and oxygen atoms in total. The van der Waals surface area contributed by atoms with Gasteiger partial charge in [0.15, 0.2) is 4.96 Å². The number of aromatic nitrogens is 2. The molecule has 18 heavy (non-hydrogen) atoms. The molecule has 0 bridgehead atoms. The quantitative estimate of drug-likeness (QED) is 0.676. The molecular weight excluding hydrogens is 240 g/mol. The van der Waals surface area contributed by atoms with E-state index in [1.54, 1.807) is 11.3 Å². The molecule has 92 valence electrons. The average Bonchev–Trinajstić information content (AvgIpc) is 2.95. The molecule has 3 aromatic rings. The van der Waals surface area contributed by atoms with Crippen LogP contribution in [0.4, 0.5) is 0 Å². The van der Waals surface area contributed by atoms with Gasteiger partial charge < -0.3 is 0 Å². The Balaban J connectivity index is 1.91. The van der Waals surface area contributed by atoms with Gasteiger partial charge in [0.25, 0.3) is 0 Å². The first-order valence-electron chi connectivity index (χ1n) is 6.39. The zero-order chi connectivity index (χ0) is 12.4. The van der Waals surface area contributed by atoms with E-state index in [-0.39, 0.29) is 0 Å². The summed E-state index contributed by atoms with van der Waals surface area (Å²) in [6, 6.07) is 10.3. The molecule has 0 atom stereocenters. The molecule has 0 N–H and O–H groups in total. The summed E-state index contributed by atoms with van der Waals surface area (Å²) in [6.07, 6.45) is 8.02. The summed E-state index contributed by atoms with van der Waals surface area (Å²) < 4.78 is 2.15. The molecule has 1 aromatic carbocycles. The third-order valence-corrected chi connectivity index (χ3v) is 4.11. The van der Waals surface area contributed by atoms with Gasteiger partial charge in [-0.05, 0) is 12.8 Å². The van der Waals surface area contributed by atoms with Crippen molar-refractivity contribution in [2.24, 2.45) is 0 Å². The molecule has 3 rings (SSSR count). The van der Waals surface area contributed by atoms with Crippen LogP contribution in [0, 0.1) is 0 Å². The second-order valence-electron chi connectivity index (χ2n) is 4.48. The summed E-state index contributed by atoms with van der Waals surface area (Å²) >= 11 is 1.80. The van der Waals surface area contributed by atoms with Crippen LogP contribution < -0.4 is 0 Å². The van der Waals surface area contributed by atoms with E-state index in [2.05, 4.69) is 48.0 Å². The maximum absolute atomic E-state index is 4.69. The highest BCUT2D eigenvalue weighted by atomic mass is 32.1. The smallest absolute Gasteiger partial charge is 0.194 e. The van der Waals surface area contributed by atoms with Crippen molar-refractivity contribution in [1.82, 2.24) is 9.38 Å².